The van der Waals surface area contributed by atoms with E-state index in [0.717, 1.165) is 19.5 Å². The molecule has 3 heteroatoms. The van der Waals surface area contributed by atoms with Crippen molar-refractivity contribution < 1.29 is 9.53 Å². The quantitative estimate of drug-likeness (QED) is 0.633. The van der Waals surface area contributed by atoms with E-state index in [2.05, 4.69) is 50.4 Å². The molecule has 19 heavy (non-hydrogen) atoms. The maximum atomic E-state index is 10.6. The van der Waals surface area contributed by atoms with Crippen LogP contribution in [0.15, 0.2) is 24.3 Å². The highest BCUT2D eigenvalue weighted by Gasteiger charge is 2.12. The molecule has 0 radical (unpaired) electrons. The van der Waals surface area contributed by atoms with Gasteiger partial charge in [0.2, 0.25) is 0 Å². The zero-order valence-corrected chi connectivity index (χ0v) is 12.5. The van der Waals surface area contributed by atoms with Crippen LogP contribution >= 0.6 is 0 Å². The van der Waals surface area contributed by atoms with E-state index in [1.165, 1.54) is 18.1 Å². The number of rotatable bonds is 6. The van der Waals surface area contributed by atoms with Gasteiger partial charge in [-0.05, 0) is 29.5 Å². The first-order valence-electron chi connectivity index (χ1n) is 6.83. The van der Waals surface area contributed by atoms with Gasteiger partial charge in [-0.2, -0.15) is 0 Å². The summed E-state index contributed by atoms with van der Waals surface area (Å²) in [6.45, 7) is 10.3. The third kappa shape index (κ3) is 6.39. The molecule has 0 atom stereocenters. The lowest BCUT2D eigenvalue weighted by Gasteiger charge is -2.19. The van der Waals surface area contributed by atoms with Gasteiger partial charge in [-0.15, -0.1) is 0 Å². The van der Waals surface area contributed by atoms with Crippen LogP contribution in [0.4, 0.5) is 0 Å². The summed E-state index contributed by atoms with van der Waals surface area (Å²) in [5.74, 6) is -0.210. The molecular formula is C16H25NO2. The normalized spacial score (nSPS) is 11.4. The molecule has 0 saturated carbocycles. The van der Waals surface area contributed by atoms with Crippen LogP contribution in [0, 0.1) is 0 Å². The SMILES string of the molecule is CC(=O)OCCCNCc1ccc(C(C)(C)C)cc1. The molecule has 0 aliphatic rings. The van der Waals surface area contributed by atoms with Gasteiger partial charge in [-0.25, -0.2) is 0 Å². The van der Waals surface area contributed by atoms with Crippen LogP contribution in [-0.4, -0.2) is 19.1 Å². The molecule has 0 amide bonds. The smallest absolute Gasteiger partial charge is 0.302 e. The number of nitrogens with one attached hydrogen (secondary N) is 1. The second kappa shape index (κ2) is 7.29. The first kappa shape index (κ1) is 15.7. The van der Waals surface area contributed by atoms with Gasteiger partial charge >= 0.3 is 5.97 Å². The highest BCUT2D eigenvalue weighted by molar-refractivity contribution is 5.65. The molecule has 1 rings (SSSR count). The van der Waals surface area contributed by atoms with Crippen molar-refractivity contribution in [1.29, 1.82) is 0 Å². The molecule has 3 nitrogen and oxygen atoms in total. The fourth-order valence-corrected chi connectivity index (χ4v) is 1.77. The molecule has 0 aliphatic carbocycles. The Balaban J connectivity index is 2.25. The lowest BCUT2D eigenvalue weighted by molar-refractivity contribution is -0.141. The van der Waals surface area contributed by atoms with Crippen LogP contribution in [0.25, 0.3) is 0 Å². The predicted molar refractivity (Wildman–Crippen MR) is 78.1 cm³/mol. The summed E-state index contributed by atoms with van der Waals surface area (Å²) in [5.41, 5.74) is 2.84. The lowest BCUT2D eigenvalue weighted by atomic mass is 9.87. The van der Waals surface area contributed by atoms with Gasteiger partial charge in [-0.3, -0.25) is 4.79 Å². The molecule has 0 bridgehead atoms. The Morgan fingerprint density at radius 3 is 2.37 bits per heavy atom. The summed E-state index contributed by atoms with van der Waals surface area (Å²) >= 11 is 0. The first-order chi connectivity index (χ1) is 8.89. The van der Waals surface area contributed by atoms with E-state index in [0.29, 0.717) is 6.61 Å². The van der Waals surface area contributed by atoms with Crippen LogP contribution in [0.3, 0.4) is 0 Å². The third-order valence-corrected chi connectivity index (χ3v) is 2.95. The third-order valence-electron chi connectivity index (χ3n) is 2.95. The van der Waals surface area contributed by atoms with E-state index in [1.54, 1.807) is 0 Å². The first-order valence-corrected chi connectivity index (χ1v) is 6.83. The van der Waals surface area contributed by atoms with Gasteiger partial charge in [0, 0.05) is 13.5 Å². The zero-order chi connectivity index (χ0) is 14.3. The molecule has 0 fully saturated rings. The fraction of sp³-hybridized carbons (Fsp3) is 0.562. The van der Waals surface area contributed by atoms with Crippen LogP contribution in [-0.2, 0) is 21.5 Å². The van der Waals surface area contributed by atoms with Crippen molar-refractivity contribution in [2.75, 3.05) is 13.2 Å². The van der Waals surface area contributed by atoms with Crippen molar-refractivity contribution >= 4 is 5.97 Å². The van der Waals surface area contributed by atoms with E-state index >= 15 is 0 Å². The summed E-state index contributed by atoms with van der Waals surface area (Å²) in [6.07, 6.45) is 0.847. The molecule has 0 aliphatic heterocycles. The Hall–Kier alpha value is -1.35. The van der Waals surface area contributed by atoms with E-state index in [1.807, 2.05) is 0 Å². The average molecular weight is 263 g/mol. The van der Waals surface area contributed by atoms with Crippen LogP contribution in [0.1, 0.15) is 45.2 Å². The Morgan fingerprint density at radius 1 is 1.21 bits per heavy atom. The van der Waals surface area contributed by atoms with Crippen LogP contribution in [0.2, 0.25) is 0 Å². The van der Waals surface area contributed by atoms with Gasteiger partial charge < -0.3 is 10.1 Å². The Labute approximate surface area is 116 Å². The van der Waals surface area contributed by atoms with Gasteiger partial charge in [0.15, 0.2) is 0 Å². The summed E-state index contributed by atoms with van der Waals surface area (Å²) in [6, 6.07) is 8.71. The number of ether oxygens (including phenoxy) is 1. The Morgan fingerprint density at radius 2 is 1.84 bits per heavy atom. The molecule has 0 unspecified atom stereocenters. The molecule has 1 N–H and O–H groups in total. The number of hydrogen-bond donors (Lipinski definition) is 1. The topological polar surface area (TPSA) is 38.3 Å². The molecule has 1 aromatic carbocycles. The lowest BCUT2D eigenvalue weighted by Crippen LogP contribution is -2.17. The van der Waals surface area contributed by atoms with Crippen molar-refractivity contribution in [2.24, 2.45) is 0 Å². The molecule has 0 heterocycles. The predicted octanol–water partition coefficient (Wildman–Crippen LogP) is 3.03. The summed E-state index contributed by atoms with van der Waals surface area (Å²) in [4.78, 5) is 10.6. The molecular weight excluding hydrogens is 238 g/mol. The maximum absolute atomic E-state index is 10.6. The van der Waals surface area contributed by atoms with Gasteiger partial charge in [0.05, 0.1) is 6.61 Å². The van der Waals surface area contributed by atoms with Crippen LogP contribution < -0.4 is 5.32 Å². The Kier molecular flexibility index (Phi) is 6.03. The monoisotopic (exact) mass is 263 g/mol. The van der Waals surface area contributed by atoms with Gasteiger partial charge in [0.25, 0.3) is 0 Å². The molecule has 0 spiro atoms. The highest BCUT2D eigenvalue weighted by atomic mass is 16.5. The van der Waals surface area contributed by atoms with Gasteiger partial charge in [-0.1, -0.05) is 45.0 Å². The van der Waals surface area contributed by atoms with Crippen molar-refractivity contribution in [3.8, 4) is 0 Å². The second-order valence-electron chi connectivity index (χ2n) is 5.82. The average Bonchev–Trinajstić information content (AvgIpc) is 2.32. The van der Waals surface area contributed by atoms with Crippen molar-refractivity contribution in [3.63, 3.8) is 0 Å². The summed E-state index contributed by atoms with van der Waals surface area (Å²) < 4.78 is 4.87. The number of carbonyl (C=O) groups excluding carboxylic acids is 1. The largest absolute Gasteiger partial charge is 0.466 e. The van der Waals surface area contributed by atoms with E-state index < -0.39 is 0 Å². The van der Waals surface area contributed by atoms with E-state index in [-0.39, 0.29) is 11.4 Å². The number of benzene rings is 1. The number of esters is 1. The molecule has 106 valence electrons. The van der Waals surface area contributed by atoms with Crippen molar-refractivity contribution in [1.82, 2.24) is 5.32 Å². The zero-order valence-electron chi connectivity index (χ0n) is 12.5. The number of hydrogen-bond acceptors (Lipinski definition) is 3. The van der Waals surface area contributed by atoms with Gasteiger partial charge in [0.1, 0.15) is 0 Å². The maximum Gasteiger partial charge on any atom is 0.302 e. The van der Waals surface area contributed by atoms with E-state index in [9.17, 15) is 4.79 Å². The van der Waals surface area contributed by atoms with Crippen molar-refractivity contribution in [2.45, 2.75) is 46.1 Å². The minimum absolute atomic E-state index is 0.204. The minimum atomic E-state index is -0.210. The molecule has 0 saturated heterocycles. The highest BCUT2D eigenvalue weighted by Crippen LogP contribution is 2.22. The van der Waals surface area contributed by atoms with Crippen molar-refractivity contribution in [3.05, 3.63) is 35.4 Å². The standard InChI is InChI=1S/C16H25NO2/c1-13(18)19-11-5-10-17-12-14-6-8-15(9-7-14)16(2,3)4/h6-9,17H,5,10-12H2,1-4H3. The second-order valence-corrected chi connectivity index (χ2v) is 5.82. The molecule has 0 aromatic heterocycles. The Bertz CT molecular complexity index is 390. The minimum Gasteiger partial charge on any atom is -0.466 e. The summed E-state index contributed by atoms with van der Waals surface area (Å²) in [5, 5.41) is 3.34. The van der Waals surface area contributed by atoms with Crippen LogP contribution in [0.5, 0.6) is 0 Å². The fourth-order valence-electron chi connectivity index (χ4n) is 1.77. The van der Waals surface area contributed by atoms with E-state index in [4.69, 9.17) is 4.74 Å². The number of carbonyl (C=O) groups is 1. The summed E-state index contributed by atoms with van der Waals surface area (Å²) in [7, 11) is 0. The molecule has 1 aromatic rings.